The quantitative estimate of drug-likeness (QED) is 0.315. The van der Waals surface area contributed by atoms with Crippen molar-refractivity contribution >= 4 is 5.91 Å². The van der Waals surface area contributed by atoms with Crippen LogP contribution in [-0.2, 0) is 12.6 Å². The molecular weight excluding hydrogens is 558 g/mol. The molecule has 3 aromatic rings. The molecule has 10 heteroatoms. The second-order valence-electron chi connectivity index (χ2n) is 12.2. The molecule has 2 fully saturated rings. The summed E-state index contributed by atoms with van der Waals surface area (Å²) in [7, 11) is 0. The summed E-state index contributed by atoms with van der Waals surface area (Å²) in [4.78, 5) is 28.5. The van der Waals surface area contributed by atoms with Crippen LogP contribution in [0.1, 0.15) is 71.2 Å². The van der Waals surface area contributed by atoms with Gasteiger partial charge in [0.05, 0.1) is 22.5 Å². The first-order valence-electron chi connectivity index (χ1n) is 14.9. The van der Waals surface area contributed by atoms with Gasteiger partial charge in [-0.1, -0.05) is 24.3 Å². The first-order chi connectivity index (χ1) is 20.4. The van der Waals surface area contributed by atoms with Crippen LogP contribution < -0.4 is 0 Å². The van der Waals surface area contributed by atoms with Crippen LogP contribution in [0.3, 0.4) is 0 Å². The predicted octanol–water partition coefficient (Wildman–Crippen LogP) is 6.24. The van der Waals surface area contributed by atoms with Gasteiger partial charge in [-0.15, -0.1) is 0 Å². The standard InChI is InChI=1S/C33H39F4N5O/c1-22-20-41(32(4)12-14-40(15-13-32)31(43)30-23(2)38-21-39-24(30)3)16-17-42(22)29(19-25-6-5-7-28(34)18-25)26-8-10-27(11-9-26)33(35,36)37/h5-11,18,21-22,29H,12-17,19-20H2,1-4H3. The number of aryl methyl sites for hydroxylation is 2. The third-order valence-corrected chi connectivity index (χ3v) is 9.35. The van der Waals surface area contributed by atoms with Crippen LogP contribution in [0.4, 0.5) is 17.6 Å². The van der Waals surface area contributed by atoms with Gasteiger partial charge in [-0.05, 0) is 82.3 Å². The number of amides is 1. The summed E-state index contributed by atoms with van der Waals surface area (Å²) in [5, 5.41) is 0. The smallest absolute Gasteiger partial charge is 0.338 e. The van der Waals surface area contributed by atoms with Crippen LogP contribution in [0.15, 0.2) is 54.9 Å². The van der Waals surface area contributed by atoms with Crippen LogP contribution in [0.2, 0.25) is 0 Å². The molecule has 2 saturated heterocycles. The molecule has 0 aliphatic carbocycles. The molecule has 0 saturated carbocycles. The van der Waals surface area contributed by atoms with Gasteiger partial charge in [-0.2, -0.15) is 13.2 Å². The maximum Gasteiger partial charge on any atom is 0.416 e. The van der Waals surface area contributed by atoms with E-state index in [2.05, 4.69) is 33.6 Å². The molecule has 0 radical (unpaired) electrons. The van der Waals surface area contributed by atoms with E-state index in [-0.39, 0.29) is 29.3 Å². The van der Waals surface area contributed by atoms with Gasteiger partial charge in [-0.25, -0.2) is 14.4 Å². The van der Waals surface area contributed by atoms with Gasteiger partial charge in [-0.3, -0.25) is 14.6 Å². The molecule has 2 aliphatic rings. The lowest BCUT2D eigenvalue weighted by Crippen LogP contribution is -2.62. The molecule has 2 atom stereocenters. The molecule has 230 valence electrons. The van der Waals surface area contributed by atoms with E-state index in [0.29, 0.717) is 36.5 Å². The van der Waals surface area contributed by atoms with Crippen molar-refractivity contribution in [1.29, 1.82) is 0 Å². The molecule has 2 aromatic carbocycles. The summed E-state index contributed by atoms with van der Waals surface area (Å²) >= 11 is 0. The lowest BCUT2D eigenvalue weighted by molar-refractivity contribution is -0.137. The van der Waals surface area contributed by atoms with Crippen molar-refractivity contribution in [2.24, 2.45) is 0 Å². The van der Waals surface area contributed by atoms with Crippen molar-refractivity contribution < 1.29 is 22.4 Å². The number of rotatable bonds is 6. The number of carbonyl (C=O) groups excluding carboxylic acids is 1. The second-order valence-corrected chi connectivity index (χ2v) is 12.2. The SMILES string of the molecule is Cc1ncnc(C)c1C(=O)N1CCC(C)(N2CCN(C(Cc3cccc(F)c3)c3ccc(C(F)(F)F)cc3)C(C)C2)CC1. The predicted molar refractivity (Wildman–Crippen MR) is 157 cm³/mol. The van der Waals surface area contributed by atoms with Gasteiger partial charge in [0.2, 0.25) is 0 Å². The van der Waals surface area contributed by atoms with Gasteiger partial charge in [0, 0.05) is 50.3 Å². The summed E-state index contributed by atoms with van der Waals surface area (Å²) in [6.07, 6.45) is -0.761. The summed E-state index contributed by atoms with van der Waals surface area (Å²) < 4.78 is 53.9. The highest BCUT2D eigenvalue weighted by molar-refractivity contribution is 5.96. The van der Waals surface area contributed by atoms with E-state index in [4.69, 9.17) is 0 Å². The Morgan fingerprint density at radius 1 is 1.00 bits per heavy atom. The topological polar surface area (TPSA) is 52.6 Å². The fourth-order valence-electron chi connectivity index (χ4n) is 6.70. The number of benzene rings is 2. The minimum atomic E-state index is -4.41. The maximum absolute atomic E-state index is 14.1. The highest BCUT2D eigenvalue weighted by Crippen LogP contribution is 2.36. The molecule has 6 nitrogen and oxygen atoms in total. The molecule has 0 bridgehead atoms. The Morgan fingerprint density at radius 3 is 2.23 bits per heavy atom. The molecular formula is C33H39F4N5O. The van der Waals surface area contributed by atoms with E-state index >= 15 is 0 Å². The summed E-state index contributed by atoms with van der Waals surface area (Å²) in [5.41, 5.74) is 2.79. The minimum Gasteiger partial charge on any atom is -0.338 e. The zero-order valence-electron chi connectivity index (χ0n) is 25.2. The van der Waals surface area contributed by atoms with Gasteiger partial charge in [0.15, 0.2) is 0 Å². The zero-order valence-corrected chi connectivity index (χ0v) is 25.2. The Bertz CT molecular complexity index is 1420. The van der Waals surface area contributed by atoms with Crippen molar-refractivity contribution in [3.63, 3.8) is 0 Å². The average Bonchev–Trinajstić information content (AvgIpc) is 2.96. The van der Waals surface area contributed by atoms with E-state index in [1.807, 2.05) is 24.8 Å². The largest absolute Gasteiger partial charge is 0.416 e. The molecule has 43 heavy (non-hydrogen) atoms. The molecule has 0 spiro atoms. The van der Waals surface area contributed by atoms with Crippen LogP contribution in [0, 0.1) is 19.7 Å². The molecule has 2 unspecified atom stereocenters. The lowest BCUT2D eigenvalue weighted by Gasteiger charge is -2.53. The number of hydrogen-bond acceptors (Lipinski definition) is 5. The summed E-state index contributed by atoms with van der Waals surface area (Å²) in [5.74, 6) is -0.350. The third-order valence-electron chi connectivity index (χ3n) is 9.35. The summed E-state index contributed by atoms with van der Waals surface area (Å²) in [6, 6.07) is 11.7. The fraction of sp³-hybridized carbons (Fsp3) is 0.485. The van der Waals surface area contributed by atoms with Crippen molar-refractivity contribution in [3.05, 3.63) is 94.3 Å². The van der Waals surface area contributed by atoms with Crippen molar-refractivity contribution in [3.8, 4) is 0 Å². The van der Waals surface area contributed by atoms with Crippen LogP contribution in [0.5, 0.6) is 0 Å². The second kappa shape index (κ2) is 12.3. The molecule has 2 aliphatic heterocycles. The zero-order chi connectivity index (χ0) is 30.9. The van der Waals surface area contributed by atoms with Crippen LogP contribution in [0.25, 0.3) is 0 Å². The summed E-state index contributed by atoms with van der Waals surface area (Å²) in [6.45, 7) is 11.7. The van der Waals surface area contributed by atoms with E-state index in [1.54, 1.807) is 18.2 Å². The first-order valence-corrected chi connectivity index (χ1v) is 14.9. The van der Waals surface area contributed by atoms with E-state index in [0.717, 1.165) is 55.7 Å². The number of hydrogen-bond donors (Lipinski definition) is 0. The van der Waals surface area contributed by atoms with E-state index < -0.39 is 11.7 Å². The van der Waals surface area contributed by atoms with Crippen LogP contribution >= 0.6 is 0 Å². The number of piperidine rings is 1. The average molecular weight is 598 g/mol. The Morgan fingerprint density at radius 2 is 1.65 bits per heavy atom. The minimum absolute atomic E-state index is 0.0208. The van der Waals surface area contributed by atoms with Gasteiger partial charge < -0.3 is 4.90 Å². The fourth-order valence-corrected chi connectivity index (χ4v) is 6.70. The number of halogens is 4. The van der Waals surface area contributed by atoms with Crippen LogP contribution in [-0.4, -0.2) is 74.9 Å². The maximum atomic E-state index is 14.1. The van der Waals surface area contributed by atoms with Crippen molar-refractivity contribution in [2.45, 2.75) is 70.8 Å². The molecule has 5 rings (SSSR count). The number of alkyl halides is 3. The van der Waals surface area contributed by atoms with Gasteiger partial charge in [0.25, 0.3) is 5.91 Å². The number of nitrogens with zero attached hydrogens (tertiary/aromatic N) is 5. The highest BCUT2D eigenvalue weighted by Gasteiger charge is 2.41. The number of piperazine rings is 1. The molecule has 1 aromatic heterocycles. The van der Waals surface area contributed by atoms with Gasteiger partial charge in [0.1, 0.15) is 12.1 Å². The van der Waals surface area contributed by atoms with Gasteiger partial charge >= 0.3 is 6.18 Å². The normalized spacial score (nSPS) is 20.7. The third kappa shape index (κ3) is 6.75. The molecule has 3 heterocycles. The highest BCUT2D eigenvalue weighted by atomic mass is 19.4. The number of likely N-dealkylation sites (tertiary alicyclic amines) is 1. The Balaban J connectivity index is 1.29. The number of carbonyl (C=O) groups is 1. The molecule has 1 amide bonds. The Hall–Kier alpha value is -3.37. The van der Waals surface area contributed by atoms with Crippen molar-refractivity contribution in [2.75, 3.05) is 32.7 Å². The lowest BCUT2D eigenvalue weighted by atomic mass is 9.85. The van der Waals surface area contributed by atoms with E-state index in [1.165, 1.54) is 18.5 Å². The Labute approximate surface area is 250 Å². The monoisotopic (exact) mass is 597 g/mol. The number of aromatic nitrogens is 2. The molecule has 0 N–H and O–H groups in total. The van der Waals surface area contributed by atoms with E-state index in [9.17, 15) is 22.4 Å². The Kier molecular flexibility index (Phi) is 8.90. The van der Waals surface area contributed by atoms with Crippen molar-refractivity contribution in [1.82, 2.24) is 24.7 Å². The first kappa shape index (κ1) is 31.1.